The molecular formula is C7H4F2IN3O3. The van der Waals surface area contributed by atoms with Crippen LogP contribution in [0.5, 0.6) is 0 Å². The SMILES string of the molecule is NC(=O)c1nc(I)c([N+](=O)[O-])cc1C(F)F. The van der Waals surface area contributed by atoms with Crippen LogP contribution < -0.4 is 5.73 Å². The highest BCUT2D eigenvalue weighted by Crippen LogP contribution is 2.28. The van der Waals surface area contributed by atoms with E-state index in [-0.39, 0.29) is 3.70 Å². The molecule has 86 valence electrons. The first kappa shape index (κ1) is 12.7. The molecule has 1 aromatic rings. The van der Waals surface area contributed by atoms with Gasteiger partial charge in [0.1, 0.15) is 5.69 Å². The van der Waals surface area contributed by atoms with Crippen LogP contribution in [-0.4, -0.2) is 15.8 Å². The van der Waals surface area contributed by atoms with Crippen LogP contribution in [0, 0.1) is 13.8 Å². The van der Waals surface area contributed by atoms with Crippen molar-refractivity contribution in [1.82, 2.24) is 4.98 Å². The molecule has 0 atom stereocenters. The molecule has 0 fully saturated rings. The van der Waals surface area contributed by atoms with Gasteiger partial charge in [0, 0.05) is 6.07 Å². The molecule has 1 rings (SSSR count). The monoisotopic (exact) mass is 343 g/mol. The molecule has 0 aliphatic carbocycles. The largest absolute Gasteiger partial charge is 0.364 e. The van der Waals surface area contributed by atoms with E-state index in [2.05, 4.69) is 4.98 Å². The van der Waals surface area contributed by atoms with Gasteiger partial charge in [0.15, 0.2) is 3.70 Å². The van der Waals surface area contributed by atoms with Crippen LogP contribution in [0.25, 0.3) is 0 Å². The Morgan fingerprint density at radius 1 is 1.62 bits per heavy atom. The summed E-state index contributed by atoms with van der Waals surface area (Å²) >= 11 is 1.47. The van der Waals surface area contributed by atoms with Gasteiger partial charge in [-0.25, -0.2) is 13.8 Å². The fraction of sp³-hybridized carbons (Fsp3) is 0.143. The van der Waals surface area contributed by atoms with Gasteiger partial charge >= 0.3 is 5.69 Å². The molecular weight excluding hydrogens is 339 g/mol. The normalized spacial score (nSPS) is 10.5. The Hall–Kier alpha value is -1.39. The van der Waals surface area contributed by atoms with Crippen molar-refractivity contribution in [2.75, 3.05) is 0 Å². The number of rotatable bonds is 3. The topological polar surface area (TPSA) is 99.1 Å². The molecule has 0 aliphatic heterocycles. The van der Waals surface area contributed by atoms with Gasteiger partial charge in [-0.1, -0.05) is 0 Å². The van der Waals surface area contributed by atoms with Gasteiger partial charge < -0.3 is 5.73 Å². The Kier molecular flexibility index (Phi) is 3.67. The summed E-state index contributed by atoms with van der Waals surface area (Å²) in [5.74, 6) is -1.15. The first-order valence-electron chi connectivity index (χ1n) is 3.77. The van der Waals surface area contributed by atoms with E-state index in [1.54, 1.807) is 0 Å². The van der Waals surface area contributed by atoms with Gasteiger partial charge in [-0.15, -0.1) is 0 Å². The highest BCUT2D eigenvalue weighted by Gasteiger charge is 2.25. The highest BCUT2D eigenvalue weighted by molar-refractivity contribution is 14.1. The lowest BCUT2D eigenvalue weighted by Crippen LogP contribution is -2.17. The number of nitrogens with two attached hydrogens (primary N) is 1. The third-order valence-electron chi connectivity index (χ3n) is 1.65. The Morgan fingerprint density at radius 2 is 2.19 bits per heavy atom. The summed E-state index contributed by atoms with van der Waals surface area (Å²) < 4.78 is 24.8. The van der Waals surface area contributed by atoms with E-state index in [0.717, 1.165) is 0 Å². The number of carbonyl (C=O) groups is 1. The third-order valence-corrected chi connectivity index (χ3v) is 2.45. The van der Waals surface area contributed by atoms with Gasteiger partial charge in [0.25, 0.3) is 12.3 Å². The van der Waals surface area contributed by atoms with Gasteiger partial charge in [-0.05, 0) is 22.6 Å². The Bertz CT molecular complexity index is 466. The maximum Gasteiger partial charge on any atom is 0.301 e. The molecule has 16 heavy (non-hydrogen) atoms. The molecule has 0 spiro atoms. The maximum atomic E-state index is 12.5. The average Bonchev–Trinajstić information content (AvgIpc) is 2.15. The second-order valence-electron chi connectivity index (χ2n) is 2.66. The number of carbonyl (C=O) groups excluding carboxylic acids is 1. The molecule has 1 amide bonds. The zero-order valence-electron chi connectivity index (χ0n) is 7.49. The predicted octanol–water partition coefficient (Wildman–Crippen LogP) is 1.63. The van der Waals surface area contributed by atoms with Crippen molar-refractivity contribution in [3.63, 3.8) is 0 Å². The minimum Gasteiger partial charge on any atom is -0.364 e. The van der Waals surface area contributed by atoms with Crippen molar-refractivity contribution < 1.29 is 18.5 Å². The Labute approximate surface area is 101 Å². The number of pyridine rings is 1. The molecule has 0 bridgehead atoms. The summed E-state index contributed by atoms with van der Waals surface area (Å²) in [7, 11) is 0. The van der Waals surface area contributed by atoms with Gasteiger partial charge in [0.2, 0.25) is 0 Å². The lowest BCUT2D eigenvalue weighted by Gasteiger charge is -2.05. The van der Waals surface area contributed by atoms with Crippen LogP contribution in [-0.2, 0) is 0 Å². The number of halogens is 3. The van der Waals surface area contributed by atoms with E-state index in [0.29, 0.717) is 6.07 Å². The lowest BCUT2D eigenvalue weighted by atomic mass is 10.2. The number of primary amides is 1. The van der Waals surface area contributed by atoms with E-state index < -0.39 is 34.2 Å². The number of nitrogens with zero attached hydrogens (tertiary/aromatic N) is 2. The molecule has 0 saturated carbocycles. The molecule has 0 unspecified atom stereocenters. The van der Waals surface area contributed by atoms with Gasteiger partial charge in [0.05, 0.1) is 10.5 Å². The molecule has 2 N–H and O–H groups in total. The predicted molar refractivity (Wildman–Crippen MR) is 57.1 cm³/mol. The fourth-order valence-electron chi connectivity index (χ4n) is 0.987. The van der Waals surface area contributed by atoms with Crippen molar-refractivity contribution in [2.45, 2.75) is 6.43 Å². The summed E-state index contributed by atoms with van der Waals surface area (Å²) in [4.78, 5) is 23.8. The van der Waals surface area contributed by atoms with Crippen molar-refractivity contribution in [2.24, 2.45) is 5.73 Å². The van der Waals surface area contributed by atoms with Crippen molar-refractivity contribution >= 4 is 34.2 Å². The zero-order chi connectivity index (χ0) is 12.5. The molecule has 0 aromatic carbocycles. The summed E-state index contributed by atoms with van der Waals surface area (Å²) in [6, 6.07) is 0.611. The van der Waals surface area contributed by atoms with Crippen LogP contribution >= 0.6 is 22.6 Å². The fourth-order valence-corrected chi connectivity index (χ4v) is 1.58. The minimum absolute atomic E-state index is 0.166. The van der Waals surface area contributed by atoms with Crippen LogP contribution in [0.2, 0.25) is 0 Å². The van der Waals surface area contributed by atoms with Crippen LogP contribution in [0.1, 0.15) is 22.5 Å². The van der Waals surface area contributed by atoms with Crippen molar-refractivity contribution in [3.8, 4) is 0 Å². The molecule has 0 aliphatic rings. The van der Waals surface area contributed by atoms with E-state index in [9.17, 15) is 23.7 Å². The van der Waals surface area contributed by atoms with Crippen LogP contribution in [0.4, 0.5) is 14.5 Å². The number of amides is 1. The summed E-state index contributed by atoms with van der Waals surface area (Å²) in [5.41, 5.74) is 2.78. The lowest BCUT2D eigenvalue weighted by molar-refractivity contribution is -0.386. The number of nitro groups is 1. The first-order valence-corrected chi connectivity index (χ1v) is 4.85. The van der Waals surface area contributed by atoms with Gasteiger partial charge in [-0.2, -0.15) is 0 Å². The van der Waals surface area contributed by atoms with E-state index in [4.69, 9.17) is 5.73 Å². The van der Waals surface area contributed by atoms with Crippen LogP contribution in [0.3, 0.4) is 0 Å². The molecule has 0 radical (unpaired) electrons. The molecule has 9 heteroatoms. The minimum atomic E-state index is -3.05. The van der Waals surface area contributed by atoms with Crippen LogP contribution in [0.15, 0.2) is 6.07 Å². The Morgan fingerprint density at radius 3 is 2.56 bits per heavy atom. The molecule has 6 nitrogen and oxygen atoms in total. The Balaban J connectivity index is 3.49. The van der Waals surface area contributed by atoms with E-state index in [1.165, 1.54) is 22.6 Å². The smallest absolute Gasteiger partial charge is 0.301 e. The molecule has 1 heterocycles. The highest BCUT2D eigenvalue weighted by atomic mass is 127. The van der Waals surface area contributed by atoms with E-state index >= 15 is 0 Å². The summed E-state index contributed by atoms with van der Waals surface area (Å²) in [6.07, 6.45) is -3.05. The number of aromatic nitrogens is 1. The number of hydrogen-bond donors (Lipinski definition) is 1. The number of alkyl halides is 2. The first-order chi connectivity index (χ1) is 7.34. The second-order valence-corrected chi connectivity index (χ2v) is 3.68. The van der Waals surface area contributed by atoms with E-state index in [1.807, 2.05) is 0 Å². The summed E-state index contributed by atoms with van der Waals surface area (Å²) in [5, 5.41) is 10.5. The van der Waals surface area contributed by atoms with Crippen molar-refractivity contribution in [1.29, 1.82) is 0 Å². The molecule has 1 aromatic heterocycles. The van der Waals surface area contributed by atoms with Gasteiger partial charge in [-0.3, -0.25) is 14.9 Å². The number of hydrogen-bond acceptors (Lipinski definition) is 4. The summed E-state index contributed by atoms with van der Waals surface area (Å²) in [6.45, 7) is 0. The molecule has 0 saturated heterocycles. The zero-order valence-corrected chi connectivity index (χ0v) is 9.64. The quantitative estimate of drug-likeness (QED) is 0.390. The average molecular weight is 343 g/mol. The second kappa shape index (κ2) is 4.63. The maximum absolute atomic E-state index is 12.5. The van der Waals surface area contributed by atoms with Crippen molar-refractivity contribution in [3.05, 3.63) is 31.1 Å². The standard InChI is InChI=1S/C7H4F2IN3O3/c8-5(9)2-1-3(13(15)16)6(10)12-4(2)7(11)14/h1,5H,(H2,11,14). The third kappa shape index (κ3) is 2.40.